The highest BCUT2D eigenvalue weighted by molar-refractivity contribution is 6.12. The molecule has 1 aliphatic heterocycles. The van der Waals surface area contributed by atoms with Crippen LogP contribution in [0.15, 0.2) is 66.5 Å². The van der Waals surface area contributed by atoms with Gasteiger partial charge < -0.3 is 29.9 Å². The number of fused-ring (bicyclic) bond motifs is 3. The predicted octanol–water partition coefficient (Wildman–Crippen LogP) is 3.91. The van der Waals surface area contributed by atoms with E-state index in [9.17, 15) is 19.2 Å². The second kappa shape index (κ2) is 8.04. The summed E-state index contributed by atoms with van der Waals surface area (Å²) < 4.78 is 4.77. The zero-order valence-corrected chi connectivity index (χ0v) is 21.7. The number of para-hydroxylation sites is 1. The molecule has 41 heavy (non-hydrogen) atoms. The monoisotopic (exact) mass is 546 g/mol. The second-order valence-electron chi connectivity index (χ2n) is 10.7. The SMILES string of the molecule is COC(=O)c1nc2c([nH]1)[C@]13C[C@@H]1CN(C(=O)c1c[nH]c4ccc(NC(=O)c5cc6ccccc6[nH]5)cc14)C3=CC2=O. The minimum atomic E-state index is -0.653. The molecule has 2 atom stereocenters. The zero-order valence-electron chi connectivity index (χ0n) is 21.7. The van der Waals surface area contributed by atoms with Crippen LogP contribution >= 0.6 is 0 Å². The standard InChI is InChI=1S/C30H22N6O5/c1-41-29(40)26-34-24-22(37)10-23-30(25(24)35-26)11-15(30)13-36(23)28(39)18-12-31-20-7-6-16(9-17(18)20)32-27(38)21-8-14-4-2-3-5-19(14)33-21/h2-10,12,15,31,33H,11,13H2,1H3,(H,32,38)(H,34,35)/t15-,30-/m1/s1. The van der Waals surface area contributed by atoms with E-state index in [1.54, 1.807) is 29.3 Å². The molecule has 11 nitrogen and oxygen atoms in total. The molecular weight excluding hydrogens is 524 g/mol. The molecule has 3 aliphatic rings. The summed E-state index contributed by atoms with van der Waals surface area (Å²) >= 11 is 0. The molecule has 4 N–H and O–H groups in total. The zero-order chi connectivity index (χ0) is 28.0. The van der Waals surface area contributed by atoms with Gasteiger partial charge in [0.05, 0.1) is 23.8 Å². The highest BCUT2D eigenvalue weighted by atomic mass is 16.5. The smallest absolute Gasteiger partial charge is 0.374 e. The number of carbonyl (C=O) groups excluding carboxylic acids is 4. The number of imidazole rings is 1. The first-order chi connectivity index (χ1) is 19.9. The van der Waals surface area contributed by atoms with Crippen molar-refractivity contribution >= 4 is 51.1 Å². The lowest BCUT2D eigenvalue weighted by atomic mass is 9.88. The topological polar surface area (TPSA) is 153 Å². The Hall–Kier alpha value is -5.45. The number of piperidine rings is 1. The van der Waals surface area contributed by atoms with Crippen LogP contribution in [0, 0.1) is 5.92 Å². The van der Waals surface area contributed by atoms with Crippen LogP contribution in [-0.4, -0.2) is 62.1 Å². The first-order valence-electron chi connectivity index (χ1n) is 13.1. The van der Waals surface area contributed by atoms with Gasteiger partial charge in [-0.1, -0.05) is 18.2 Å². The van der Waals surface area contributed by atoms with Crippen LogP contribution in [0.3, 0.4) is 0 Å². The van der Waals surface area contributed by atoms with E-state index in [2.05, 4.69) is 25.3 Å². The Morgan fingerprint density at radius 3 is 2.78 bits per heavy atom. The van der Waals surface area contributed by atoms with E-state index in [0.717, 1.165) is 22.8 Å². The Balaban J connectivity index is 1.10. The van der Waals surface area contributed by atoms with E-state index in [1.165, 1.54) is 13.2 Å². The van der Waals surface area contributed by atoms with Crippen molar-refractivity contribution in [1.29, 1.82) is 0 Å². The summed E-state index contributed by atoms with van der Waals surface area (Å²) in [6.07, 6.45) is 3.87. The molecule has 2 aromatic carbocycles. The Kier molecular flexibility index (Phi) is 4.60. The number of nitrogens with one attached hydrogen (secondary N) is 4. The number of nitrogens with zero attached hydrogens (tertiary/aromatic N) is 2. The fraction of sp³-hybridized carbons (Fsp3) is 0.167. The fourth-order valence-electron chi connectivity index (χ4n) is 6.43. The number of allylic oxidation sites excluding steroid dienone is 2. The highest BCUT2D eigenvalue weighted by Gasteiger charge is 2.68. The summed E-state index contributed by atoms with van der Waals surface area (Å²) in [7, 11) is 1.25. The summed E-state index contributed by atoms with van der Waals surface area (Å²) in [5.41, 5.74) is 3.84. The fourth-order valence-corrected chi connectivity index (χ4v) is 6.43. The van der Waals surface area contributed by atoms with Crippen molar-refractivity contribution in [3.63, 3.8) is 0 Å². The average Bonchev–Trinajstić information content (AvgIpc) is 3.46. The van der Waals surface area contributed by atoms with Crippen molar-refractivity contribution in [2.24, 2.45) is 5.92 Å². The second-order valence-corrected chi connectivity index (χ2v) is 10.7. The molecule has 11 heteroatoms. The molecule has 202 valence electrons. The van der Waals surface area contributed by atoms with Gasteiger partial charge in [-0.15, -0.1) is 0 Å². The molecule has 2 amide bonds. The number of H-pyrrole nitrogens is 3. The summed E-state index contributed by atoms with van der Waals surface area (Å²) in [5, 5.41) is 4.50. The molecule has 0 radical (unpaired) electrons. The Morgan fingerprint density at radius 1 is 1.10 bits per heavy atom. The molecule has 1 saturated heterocycles. The molecule has 3 aromatic heterocycles. The molecule has 1 saturated carbocycles. The maximum atomic E-state index is 13.9. The number of anilines is 1. The number of carbonyl (C=O) groups is 4. The van der Waals surface area contributed by atoms with Crippen LogP contribution < -0.4 is 5.32 Å². The van der Waals surface area contributed by atoms with Crippen molar-refractivity contribution in [3.05, 3.63) is 95.0 Å². The number of methoxy groups -OCH3 is 1. The van der Waals surface area contributed by atoms with Gasteiger partial charge in [0.25, 0.3) is 11.8 Å². The molecular formula is C30H22N6O5. The number of ketones is 1. The molecule has 1 spiro atoms. The number of aromatic nitrogens is 4. The van der Waals surface area contributed by atoms with Crippen LogP contribution in [-0.2, 0) is 10.2 Å². The van der Waals surface area contributed by atoms with E-state index in [-0.39, 0.29) is 35.0 Å². The van der Waals surface area contributed by atoms with Gasteiger partial charge >= 0.3 is 5.97 Å². The maximum Gasteiger partial charge on any atom is 0.374 e. The van der Waals surface area contributed by atoms with Gasteiger partial charge in [-0.2, -0.15) is 0 Å². The van der Waals surface area contributed by atoms with Crippen molar-refractivity contribution < 1.29 is 23.9 Å². The van der Waals surface area contributed by atoms with E-state index >= 15 is 0 Å². The van der Waals surface area contributed by atoms with Crippen LogP contribution in [0.2, 0.25) is 0 Å². The van der Waals surface area contributed by atoms with Gasteiger partial charge in [-0.05, 0) is 42.7 Å². The summed E-state index contributed by atoms with van der Waals surface area (Å²) in [6.45, 7) is 0.438. The van der Waals surface area contributed by atoms with Crippen LogP contribution in [0.4, 0.5) is 5.69 Å². The first kappa shape index (κ1) is 23.4. The lowest BCUT2D eigenvalue weighted by Gasteiger charge is -2.27. The lowest BCUT2D eigenvalue weighted by molar-refractivity contribution is 0.0587. The van der Waals surface area contributed by atoms with E-state index in [4.69, 9.17) is 4.74 Å². The Bertz CT molecular complexity index is 2000. The molecule has 0 bridgehead atoms. The number of rotatable bonds is 4. The lowest BCUT2D eigenvalue weighted by Crippen LogP contribution is -2.33. The van der Waals surface area contributed by atoms with Gasteiger partial charge in [-0.3, -0.25) is 14.4 Å². The predicted molar refractivity (Wildman–Crippen MR) is 148 cm³/mol. The van der Waals surface area contributed by atoms with Crippen molar-refractivity contribution in [2.45, 2.75) is 11.8 Å². The van der Waals surface area contributed by atoms with E-state index in [0.29, 0.717) is 40.3 Å². The Labute approximate surface area is 231 Å². The van der Waals surface area contributed by atoms with Crippen LogP contribution in [0.1, 0.15) is 54.1 Å². The minimum absolute atomic E-state index is 0.0241. The number of amides is 2. The molecule has 0 unspecified atom stereocenters. The van der Waals surface area contributed by atoms with E-state index < -0.39 is 11.4 Å². The summed E-state index contributed by atoms with van der Waals surface area (Å²) in [4.78, 5) is 67.1. The Morgan fingerprint density at radius 2 is 1.95 bits per heavy atom. The van der Waals surface area contributed by atoms with Crippen LogP contribution in [0.5, 0.6) is 0 Å². The van der Waals surface area contributed by atoms with Crippen molar-refractivity contribution in [3.8, 4) is 0 Å². The molecule has 8 rings (SSSR count). The molecule has 2 fully saturated rings. The molecule has 4 heterocycles. The van der Waals surface area contributed by atoms with Crippen molar-refractivity contribution in [2.75, 3.05) is 19.0 Å². The highest BCUT2D eigenvalue weighted by Crippen LogP contribution is 2.66. The minimum Gasteiger partial charge on any atom is -0.463 e. The van der Waals surface area contributed by atoms with Gasteiger partial charge in [0, 0.05) is 52.0 Å². The number of likely N-dealkylation sites (tertiary alicyclic amines) is 1. The maximum absolute atomic E-state index is 13.9. The third-order valence-corrected chi connectivity index (χ3v) is 8.48. The normalized spacial score (nSPS) is 20.4. The number of benzene rings is 2. The largest absolute Gasteiger partial charge is 0.463 e. The third-order valence-electron chi connectivity index (χ3n) is 8.48. The van der Waals surface area contributed by atoms with Gasteiger partial charge in [0.1, 0.15) is 11.4 Å². The molecule has 5 aromatic rings. The van der Waals surface area contributed by atoms with Crippen molar-refractivity contribution in [1.82, 2.24) is 24.8 Å². The third kappa shape index (κ3) is 3.22. The number of esters is 1. The number of hydrogen-bond donors (Lipinski definition) is 4. The average molecular weight is 547 g/mol. The number of aromatic amines is 3. The summed E-state index contributed by atoms with van der Waals surface area (Å²) in [6, 6.07) is 14.8. The number of ether oxygens (including phenoxy) is 1. The van der Waals surface area contributed by atoms with Gasteiger partial charge in [0.2, 0.25) is 11.6 Å². The number of hydrogen-bond acceptors (Lipinski definition) is 6. The molecule has 2 aliphatic carbocycles. The summed E-state index contributed by atoms with van der Waals surface area (Å²) in [5.74, 6) is -1.48. The van der Waals surface area contributed by atoms with Gasteiger partial charge in [0.15, 0.2) is 0 Å². The van der Waals surface area contributed by atoms with Gasteiger partial charge in [-0.25, -0.2) is 9.78 Å². The van der Waals surface area contributed by atoms with E-state index in [1.807, 2.05) is 30.3 Å². The quantitative estimate of drug-likeness (QED) is 0.251. The van der Waals surface area contributed by atoms with Crippen LogP contribution in [0.25, 0.3) is 21.8 Å². The first-order valence-corrected chi connectivity index (χ1v) is 13.1.